The van der Waals surface area contributed by atoms with Crippen molar-refractivity contribution in [3.8, 4) is 12.1 Å². The molecule has 0 radical (unpaired) electrons. The molecule has 1 aromatic carbocycles. The van der Waals surface area contributed by atoms with E-state index in [0.29, 0.717) is 20.5 Å². The van der Waals surface area contributed by atoms with Crippen LogP contribution in [0, 0.1) is 34.0 Å². The first-order valence-corrected chi connectivity index (χ1v) is 8.50. The molecule has 0 aliphatic carbocycles. The molecule has 0 bridgehead atoms. The average molecular weight is 374 g/mol. The molecular weight excluding hydrogens is 365 g/mol. The number of benzene rings is 1. The molecular formula is C17H9Cl2N3OS. The summed E-state index contributed by atoms with van der Waals surface area (Å²) in [7, 11) is 0. The predicted octanol–water partition coefficient (Wildman–Crippen LogP) is 5.22. The summed E-state index contributed by atoms with van der Waals surface area (Å²) >= 11 is 14.0. The zero-order chi connectivity index (χ0) is 17.3. The van der Waals surface area contributed by atoms with Gasteiger partial charge in [0.05, 0.1) is 28.5 Å². The summed E-state index contributed by atoms with van der Waals surface area (Å²) in [5.74, 6) is -1.66. The van der Waals surface area contributed by atoms with Gasteiger partial charge in [-0.2, -0.15) is 10.5 Å². The van der Waals surface area contributed by atoms with Crippen LogP contribution in [-0.2, 0) is 4.74 Å². The van der Waals surface area contributed by atoms with E-state index in [9.17, 15) is 10.5 Å². The monoisotopic (exact) mass is 373 g/mol. The van der Waals surface area contributed by atoms with Gasteiger partial charge in [0.2, 0.25) is 5.90 Å². The fourth-order valence-electron chi connectivity index (χ4n) is 2.65. The highest BCUT2D eigenvalue weighted by Crippen LogP contribution is 2.46. The fourth-order valence-corrected chi connectivity index (χ4v) is 4.00. The topological polar surface area (TPSA) is 80.7 Å². The number of allylic oxidation sites excluding steroid dienone is 1. The summed E-state index contributed by atoms with van der Waals surface area (Å²) in [4.78, 5) is 0.709. The van der Waals surface area contributed by atoms with E-state index in [1.165, 1.54) is 11.3 Å². The van der Waals surface area contributed by atoms with Crippen LogP contribution in [0.25, 0.3) is 5.76 Å². The van der Waals surface area contributed by atoms with Crippen molar-refractivity contribution in [3.05, 3.63) is 61.8 Å². The number of thiophene rings is 1. The van der Waals surface area contributed by atoms with Crippen molar-refractivity contribution in [2.45, 2.75) is 5.92 Å². The molecule has 1 N–H and O–H groups in total. The van der Waals surface area contributed by atoms with Gasteiger partial charge in [0.25, 0.3) is 0 Å². The SMILES string of the molecule is N#CC1=C(c2cccs2)OC(=N)C(C#N)C1c1c(Cl)cccc1Cl. The normalized spacial score (nSPS) is 20.2. The summed E-state index contributed by atoms with van der Waals surface area (Å²) in [6.07, 6.45) is 0. The largest absolute Gasteiger partial charge is 0.440 e. The molecule has 2 aromatic rings. The number of nitriles is 2. The number of hydrogen-bond acceptors (Lipinski definition) is 5. The lowest BCUT2D eigenvalue weighted by atomic mass is 9.79. The molecule has 0 fully saturated rings. The van der Waals surface area contributed by atoms with Crippen LogP contribution in [0.15, 0.2) is 41.3 Å². The molecule has 1 aliphatic heterocycles. The molecule has 3 rings (SSSR count). The Kier molecular flexibility index (Phi) is 4.59. The highest BCUT2D eigenvalue weighted by atomic mass is 35.5. The van der Waals surface area contributed by atoms with E-state index in [1.807, 2.05) is 17.5 Å². The lowest BCUT2D eigenvalue weighted by Gasteiger charge is -2.30. The highest BCUT2D eigenvalue weighted by Gasteiger charge is 2.41. The lowest BCUT2D eigenvalue weighted by molar-refractivity contribution is 0.427. The molecule has 0 spiro atoms. The quantitative estimate of drug-likeness (QED) is 0.782. The Balaban J connectivity index is 2.30. The van der Waals surface area contributed by atoms with E-state index in [1.54, 1.807) is 24.3 Å². The molecule has 0 amide bonds. The lowest BCUT2D eigenvalue weighted by Crippen LogP contribution is -2.29. The summed E-state index contributed by atoms with van der Waals surface area (Å²) in [6.45, 7) is 0. The third kappa shape index (κ3) is 2.68. The zero-order valence-corrected chi connectivity index (χ0v) is 14.4. The molecule has 0 saturated carbocycles. The number of halogens is 2. The molecule has 2 atom stereocenters. The van der Waals surface area contributed by atoms with Gasteiger partial charge in [0.15, 0.2) is 5.76 Å². The Labute approximate surface area is 152 Å². The van der Waals surface area contributed by atoms with Crippen LogP contribution in [0.3, 0.4) is 0 Å². The van der Waals surface area contributed by atoms with Crippen molar-refractivity contribution in [3.63, 3.8) is 0 Å². The number of hydrogen-bond donors (Lipinski definition) is 1. The van der Waals surface area contributed by atoms with Crippen molar-refractivity contribution in [1.29, 1.82) is 15.9 Å². The molecule has 1 aromatic heterocycles. The second-order valence-electron chi connectivity index (χ2n) is 5.02. The zero-order valence-electron chi connectivity index (χ0n) is 12.1. The Morgan fingerprint density at radius 2 is 1.83 bits per heavy atom. The van der Waals surface area contributed by atoms with Gasteiger partial charge in [0, 0.05) is 10.0 Å². The Bertz CT molecular complexity index is 902. The van der Waals surface area contributed by atoms with Crippen molar-refractivity contribution in [1.82, 2.24) is 0 Å². The van der Waals surface area contributed by atoms with E-state index in [-0.39, 0.29) is 17.2 Å². The van der Waals surface area contributed by atoms with Crippen LogP contribution in [0.4, 0.5) is 0 Å². The van der Waals surface area contributed by atoms with Gasteiger partial charge in [-0.3, -0.25) is 5.41 Å². The van der Waals surface area contributed by atoms with Gasteiger partial charge in [-0.25, -0.2) is 0 Å². The van der Waals surface area contributed by atoms with Crippen LogP contribution in [-0.4, -0.2) is 5.90 Å². The molecule has 2 heterocycles. The van der Waals surface area contributed by atoms with Crippen LogP contribution < -0.4 is 0 Å². The van der Waals surface area contributed by atoms with E-state index < -0.39 is 11.8 Å². The van der Waals surface area contributed by atoms with Crippen molar-refractivity contribution in [2.24, 2.45) is 5.92 Å². The molecule has 7 heteroatoms. The van der Waals surface area contributed by atoms with Gasteiger partial charge in [-0.15, -0.1) is 11.3 Å². The van der Waals surface area contributed by atoms with Crippen molar-refractivity contribution >= 4 is 46.2 Å². The first kappa shape index (κ1) is 16.5. The Morgan fingerprint density at radius 1 is 1.12 bits per heavy atom. The molecule has 2 unspecified atom stereocenters. The molecule has 118 valence electrons. The average Bonchev–Trinajstić information content (AvgIpc) is 3.08. The smallest absolute Gasteiger partial charge is 0.205 e. The number of nitrogens with zero attached hydrogens (tertiary/aromatic N) is 2. The van der Waals surface area contributed by atoms with Crippen molar-refractivity contribution < 1.29 is 4.74 Å². The second kappa shape index (κ2) is 6.67. The maximum Gasteiger partial charge on any atom is 0.205 e. The van der Waals surface area contributed by atoms with Crippen LogP contribution in [0.1, 0.15) is 16.4 Å². The molecule has 24 heavy (non-hydrogen) atoms. The number of ether oxygens (including phenoxy) is 1. The maximum absolute atomic E-state index is 9.72. The second-order valence-corrected chi connectivity index (χ2v) is 6.78. The summed E-state index contributed by atoms with van der Waals surface area (Å²) in [5, 5.41) is 29.9. The Morgan fingerprint density at radius 3 is 2.38 bits per heavy atom. The standard InChI is InChI=1S/C17H9Cl2N3OS/c18-11-3-1-4-12(19)15(11)14-9(7-20)16(13-5-2-6-24-13)23-17(22)10(14)8-21/h1-6,10,14,22H. The predicted molar refractivity (Wildman–Crippen MR) is 94.0 cm³/mol. The van der Waals surface area contributed by atoms with Crippen LogP contribution >= 0.6 is 34.5 Å². The molecule has 1 aliphatic rings. The highest BCUT2D eigenvalue weighted by molar-refractivity contribution is 7.11. The third-order valence-electron chi connectivity index (χ3n) is 3.70. The summed E-state index contributed by atoms with van der Waals surface area (Å²) < 4.78 is 5.51. The van der Waals surface area contributed by atoms with Gasteiger partial charge < -0.3 is 4.74 Å². The third-order valence-corrected chi connectivity index (χ3v) is 5.23. The van der Waals surface area contributed by atoms with E-state index in [2.05, 4.69) is 6.07 Å². The Hall–Kier alpha value is -2.31. The minimum Gasteiger partial charge on any atom is -0.440 e. The van der Waals surface area contributed by atoms with Gasteiger partial charge in [-0.1, -0.05) is 35.3 Å². The summed E-state index contributed by atoms with van der Waals surface area (Å²) in [5.41, 5.74) is 0.709. The van der Waals surface area contributed by atoms with Crippen LogP contribution in [0.5, 0.6) is 0 Å². The van der Waals surface area contributed by atoms with Crippen LogP contribution in [0.2, 0.25) is 10.0 Å². The van der Waals surface area contributed by atoms with Gasteiger partial charge in [0.1, 0.15) is 5.92 Å². The minimum atomic E-state index is -0.972. The summed E-state index contributed by atoms with van der Waals surface area (Å²) in [6, 6.07) is 12.8. The molecule has 0 saturated heterocycles. The van der Waals surface area contributed by atoms with Gasteiger partial charge in [-0.05, 0) is 29.1 Å². The maximum atomic E-state index is 9.72. The van der Waals surface area contributed by atoms with E-state index >= 15 is 0 Å². The minimum absolute atomic E-state index is 0.221. The number of nitrogens with one attached hydrogen (secondary N) is 1. The van der Waals surface area contributed by atoms with Crippen molar-refractivity contribution in [2.75, 3.05) is 0 Å². The first-order chi connectivity index (χ1) is 11.6. The molecule has 4 nitrogen and oxygen atoms in total. The van der Waals surface area contributed by atoms with Gasteiger partial charge >= 0.3 is 0 Å². The first-order valence-electron chi connectivity index (χ1n) is 6.86. The fraction of sp³-hybridized carbons (Fsp3) is 0.118. The number of rotatable bonds is 2. The van der Waals surface area contributed by atoms with E-state index in [4.69, 9.17) is 33.3 Å². The van der Waals surface area contributed by atoms with E-state index in [0.717, 1.165) is 0 Å².